The van der Waals surface area contributed by atoms with Gasteiger partial charge in [0.15, 0.2) is 0 Å². The van der Waals surface area contributed by atoms with E-state index in [4.69, 9.17) is 0 Å². The molecule has 0 aromatic rings. The summed E-state index contributed by atoms with van der Waals surface area (Å²) in [6, 6.07) is 1.49. The number of nitrogens with zero attached hydrogens (tertiary/aromatic N) is 1. The fraction of sp³-hybridized carbons (Fsp3) is 1.00. The van der Waals surface area contributed by atoms with Crippen molar-refractivity contribution in [3.8, 4) is 0 Å². The first-order valence-corrected chi connectivity index (χ1v) is 8.35. The highest BCUT2D eigenvalue weighted by atomic mass is 15.2. The molecule has 1 saturated carbocycles. The maximum Gasteiger partial charge on any atom is 0.0243 e. The molecule has 2 rings (SSSR count). The van der Waals surface area contributed by atoms with Crippen molar-refractivity contribution >= 4 is 0 Å². The van der Waals surface area contributed by atoms with E-state index in [1.807, 2.05) is 0 Å². The smallest absolute Gasteiger partial charge is 0.0243 e. The van der Waals surface area contributed by atoms with Gasteiger partial charge >= 0.3 is 0 Å². The minimum atomic E-state index is 0.371. The molecule has 1 heterocycles. The zero-order chi connectivity index (χ0) is 14.0. The minimum absolute atomic E-state index is 0.371. The Labute approximate surface area is 120 Å². The lowest BCUT2D eigenvalue weighted by atomic mass is 9.78. The van der Waals surface area contributed by atoms with Gasteiger partial charge in [-0.1, -0.05) is 34.6 Å². The molecule has 0 aromatic heterocycles. The van der Waals surface area contributed by atoms with E-state index in [1.54, 1.807) is 0 Å². The largest absolute Gasteiger partial charge is 0.312 e. The van der Waals surface area contributed by atoms with Gasteiger partial charge in [-0.25, -0.2) is 0 Å². The predicted molar refractivity (Wildman–Crippen MR) is 83.4 cm³/mol. The normalized spacial score (nSPS) is 39.0. The van der Waals surface area contributed by atoms with Crippen LogP contribution in [0.25, 0.3) is 0 Å². The topological polar surface area (TPSA) is 15.3 Å². The van der Waals surface area contributed by atoms with Crippen LogP contribution in [0.2, 0.25) is 0 Å². The Bertz CT molecular complexity index is 281. The molecule has 4 unspecified atom stereocenters. The van der Waals surface area contributed by atoms with E-state index < -0.39 is 0 Å². The summed E-state index contributed by atoms with van der Waals surface area (Å²) >= 11 is 0. The number of rotatable bonds is 1. The molecule has 2 fully saturated rings. The van der Waals surface area contributed by atoms with Gasteiger partial charge in [-0.2, -0.15) is 0 Å². The third-order valence-electron chi connectivity index (χ3n) is 5.56. The van der Waals surface area contributed by atoms with Crippen molar-refractivity contribution in [1.29, 1.82) is 0 Å². The second-order valence-corrected chi connectivity index (χ2v) is 8.14. The van der Waals surface area contributed by atoms with Gasteiger partial charge in [-0.3, -0.25) is 4.90 Å². The molecule has 1 N–H and O–H groups in total. The van der Waals surface area contributed by atoms with E-state index in [9.17, 15) is 0 Å². The van der Waals surface area contributed by atoms with Crippen LogP contribution >= 0.6 is 0 Å². The van der Waals surface area contributed by atoms with Gasteiger partial charge < -0.3 is 5.32 Å². The van der Waals surface area contributed by atoms with E-state index in [0.29, 0.717) is 11.5 Å². The Morgan fingerprint density at radius 2 is 1.79 bits per heavy atom. The van der Waals surface area contributed by atoms with Crippen LogP contribution in [0, 0.1) is 17.3 Å². The number of hydrogen-bond donors (Lipinski definition) is 1. The van der Waals surface area contributed by atoms with Crippen molar-refractivity contribution < 1.29 is 0 Å². The summed E-state index contributed by atoms with van der Waals surface area (Å²) in [5.41, 5.74) is 0.371. The molecule has 0 amide bonds. The molecule has 0 bridgehead atoms. The monoisotopic (exact) mass is 266 g/mol. The molecule has 112 valence electrons. The first-order valence-electron chi connectivity index (χ1n) is 8.35. The summed E-state index contributed by atoms with van der Waals surface area (Å²) in [7, 11) is 0. The van der Waals surface area contributed by atoms with Crippen molar-refractivity contribution in [3.05, 3.63) is 0 Å². The van der Waals surface area contributed by atoms with Crippen LogP contribution in [0.3, 0.4) is 0 Å². The molecule has 1 aliphatic carbocycles. The van der Waals surface area contributed by atoms with Gasteiger partial charge in [-0.15, -0.1) is 0 Å². The van der Waals surface area contributed by atoms with E-state index >= 15 is 0 Å². The molecular formula is C17H34N2. The van der Waals surface area contributed by atoms with Crippen molar-refractivity contribution in [2.24, 2.45) is 17.3 Å². The summed E-state index contributed by atoms with van der Waals surface area (Å²) in [5, 5.41) is 3.77. The standard InChI is InChI=1S/C17H34N2/c1-13-7-8-15(11-14(13)2)19-10-6-9-18-16(12-19)17(3,4)5/h13-16,18H,6-12H2,1-5H3. The van der Waals surface area contributed by atoms with Gasteiger partial charge in [0.05, 0.1) is 0 Å². The van der Waals surface area contributed by atoms with Crippen LogP contribution < -0.4 is 5.32 Å². The summed E-state index contributed by atoms with van der Waals surface area (Å²) < 4.78 is 0. The molecule has 2 aliphatic rings. The zero-order valence-electron chi connectivity index (χ0n) is 13.7. The molecular weight excluding hydrogens is 232 g/mol. The quantitative estimate of drug-likeness (QED) is 0.781. The van der Waals surface area contributed by atoms with Crippen LogP contribution in [0.1, 0.15) is 60.3 Å². The molecule has 2 heteroatoms. The molecule has 0 aromatic carbocycles. The van der Waals surface area contributed by atoms with Crippen LogP contribution in [-0.2, 0) is 0 Å². The summed E-state index contributed by atoms with van der Waals surface area (Å²) in [5.74, 6) is 1.84. The Kier molecular flexibility index (Phi) is 4.94. The minimum Gasteiger partial charge on any atom is -0.312 e. The first kappa shape index (κ1) is 15.3. The maximum absolute atomic E-state index is 3.77. The number of hydrogen-bond acceptors (Lipinski definition) is 2. The van der Waals surface area contributed by atoms with E-state index in [0.717, 1.165) is 17.9 Å². The lowest BCUT2D eigenvalue weighted by Gasteiger charge is -2.41. The molecule has 1 saturated heterocycles. The first-order chi connectivity index (χ1) is 8.88. The van der Waals surface area contributed by atoms with E-state index in [-0.39, 0.29) is 0 Å². The summed E-state index contributed by atoms with van der Waals surface area (Å²) in [6.07, 6.45) is 5.57. The average Bonchev–Trinajstić information content (AvgIpc) is 2.58. The maximum atomic E-state index is 3.77. The lowest BCUT2D eigenvalue weighted by molar-refractivity contribution is 0.0926. The van der Waals surface area contributed by atoms with Crippen LogP contribution in [0.5, 0.6) is 0 Å². The van der Waals surface area contributed by atoms with Gasteiger partial charge in [0.25, 0.3) is 0 Å². The fourth-order valence-electron chi connectivity index (χ4n) is 3.71. The van der Waals surface area contributed by atoms with E-state index in [1.165, 1.54) is 45.3 Å². The molecule has 1 aliphatic heterocycles. The predicted octanol–water partition coefficient (Wildman–Crippen LogP) is 3.52. The van der Waals surface area contributed by atoms with E-state index in [2.05, 4.69) is 44.8 Å². The van der Waals surface area contributed by atoms with Gasteiger partial charge in [0.1, 0.15) is 0 Å². The van der Waals surface area contributed by atoms with Gasteiger partial charge in [0, 0.05) is 18.6 Å². The second-order valence-electron chi connectivity index (χ2n) is 8.14. The highest BCUT2D eigenvalue weighted by molar-refractivity contribution is 4.90. The van der Waals surface area contributed by atoms with Gasteiger partial charge in [-0.05, 0) is 56.0 Å². The lowest BCUT2D eigenvalue weighted by Crippen LogP contribution is -2.49. The molecule has 0 radical (unpaired) electrons. The second kappa shape index (κ2) is 6.13. The van der Waals surface area contributed by atoms with Crippen molar-refractivity contribution in [2.75, 3.05) is 19.6 Å². The third-order valence-corrected chi connectivity index (χ3v) is 5.56. The summed E-state index contributed by atoms with van der Waals surface area (Å²) in [4.78, 5) is 2.80. The van der Waals surface area contributed by atoms with Crippen molar-refractivity contribution in [3.63, 3.8) is 0 Å². The zero-order valence-corrected chi connectivity index (χ0v) is 13.7. The Balaban J connectivity index is 1.98. The Morgan fingerprint density at radius 1 is 1.05 bits per heavy atom. The Hall–Kier alpha value is -0.0800. The Morgan fingerprint density at radius 3 is 2.42 bits per heavy atom. The fourth-order valence-corrected chi connectivity index (χ4v) is 3.71. The molecule has 19 heavy (non-hydrogen) atoms. The SMILES string of the molecule is CC1CCC(N2CCCNC(C(C)(C)C)C2)CC1C. The highest BCUT2D eigenvalue weighted by Gasteiger charge is 2.33. The molecule has 4 atom stereocenters. The van der Waals surface area contributed by atoms with Crippen molar-refractivity contribution in [1.82, 2.24) is 10.2 Å². The molecule has 2 nitrogen and oxygen atoms in total. The highest BCUT2D eigenvalue weighted by Crippen LogP contribution is 2.33. The average molecular weight is 266 g/mol. The van der Waals surface area contributed by atoms with Crippen molar-refractivity contribution in [2.45, 2.75) is 72.4 Å². The van der Waals surface area contributed by atoms with Crippen LogP contribution in [0.15, 0.2) is 0 Å². The summed E-state index contributed by atoms with van der Waals surface area (Å²) in [6.45, 7) is 15.7. The van der Waals surface area contributed by atoms with Crippen LogP contribution in [0.4, 0.5) is 0 Å². The molecule has 0 spiro atoms. The van der Waals surface area contributed by atoms with Crippen LogP contribution in [-0.4, -0.2) is 36.6 Å². The number of nitrogens with one attached hydrogen (secondary N) is 1. The van der Waals surface area contributed by atoms with Gasteiger partial charge in [0.2, 0.25) is 0 Å². The third kappa shape index (κ3) is 3.95.